The fourth-order valence-electron chi connectivity index (χ4n) is 6.81. The van der Waals surface area contributed by atoms with E-state index in [1.54, 1.807) is 18.2 Å². The van der Waals surface area contributed by atoms with Gasteiger partial charge < -0.3 is 19.1 Å². The highest BCUT2D eigenvalue weighted by atomic mass is 16.6. The number of carbonyl (C=O) groups excluding carboxylic acids is 2. The van der Waals surface area contributed by atoms with Gasteiger partial charge in [-0.25, -0.2) is 9.78 Å². The number of esters is 2. The number of fused-ring (bicyclic) bond motifs is 1. The molecule has 2 fully saturated rings. The number of benzene rings is 2. The molecule has 0 radical (unpaired) electrons. The number of rotatable bonds is 11. The number of aromatic carboxylic acids is 1. The molecule has 0 bridgehead atoms. The van der Waals surface area contributed by atoms with Crippen LogP contribution in [0.25, 0.3) is 22.2 Å². The molecule has 0 spiro atoms. The summed E-state index contributed by atoms with van der Waals surface area (Å²) in [5.74, 6) is -1.16. The van der Waals surface area contributed by atoms with Crippen LogP contribution in [-0.4, -0.2) is 42.8 Å². The second-order valence-electron chi connectivity index (χ2n) is 12.8. The Morgan fingerprint density at radius 3 is 2.02 bits per heavy atom. The molecule has 10 nitrogen and oxygen atoms in total. The predicted molar refractivity (Wildman–Crippen MR) is 176 cm³/mol. The molecular weight excluding hydrogens is 596 g/mol. The Hall–Kier alpha value is -4.60. The van der Waals surface area contributed by atoms with E-state index < -0.39 is 5.97 Å². The van der Waals surface area contributed by atoms with Crippen molar-refractivity contribution in [2.75, 3.05) is 0 Å². The molecule has 0 atom stereocenters. The van der Waals surface area contributed by atoms with Crippen LogP contribution in [0.1, 0.15) is 106 Å². The first kappa shape index (κ1) is 32.3. The highest BCUT2D eigenvalue weighted by molar-refractivity contribution is 5.96. The second kappa shape index (κ2) is 14.9. The molecule has 1 N–H and O–H groups in total. The van der Waals surface area contributed by atoms with Crippen molar-refractivity contribution >= 4 is 28.9 Å². The van der Waals surface area contributed by atoms with Crippen molar-refractivity contribution in [1.29, 1.82) is 0 Å². The number of imidazole rings is 1. The first-order chi connectivity index (χ1) is 22.9. The fourth-order valence-corrected chi connectivity index (χ4v) is 6.81. The Kier molecular flexibility index (Phi) is 10.2. The molecule has 246 valence electrons. The van der Waals surface area contributed by atoms with Gasteiger partial charge in [0.15, 0.2) is 5.52 Å². The summed E-state index contributed by atoms with van der Waals surface area (Å²) in [5.41, 5.74) is 3.43. The van der Waals surface area contributed by atoms with Crippen LogP contribution in [0.5, 0.6) is 11.8 Å². The van der Waals surface area contributed by atoms with Crippen molar-refractivity contribution in [3.8, 4) is 22.9 Å². The van der Waals surface area contributed by atoms with Crippen molar-refractivity contribution in [3.05, 3.63) is 65.5 Å². The summed E-state index contributed by atoms with van der Waals surface area (Å²) < 4.78 is 13.9. The van der Waals surface area contributed by atoms with E-state index in [1.807, 2.05) is 34.9 Å². The maximum absolute atomic E-state index is 13.3. The Balaban J connectivity index is 1.39. The number of carboxylic acids is 1. The van der Waals surface area contributed by atoms with E-state index in [4.69, 9.17) is 14.5 Å². The molecule has 10 heteroatoms. The van der Waals surface area contributed by atoms with Crippen molar-refractivity contribution in [1.82, 2.24) is 19.7 Å². The van der Waals surface area contributed by atoms with Gasteiger partial charge in [0.05, 0.1) is 17.4 Å². The van der Waals surface area contributed by atoms with Gasteiger partial charge in [-0.15, -0.1) is 10.2 Å². The number of aromatic nitrogens is 4. The maximum Gasteiger partial charge on any atom is 0.336 e. The monoisotopic (exact) mass is 638 g/mol. The minimum atomic E-state index is -0.980. The molecule has 2 saturated carbocycles. The molecule has 2 aliphatic rings. The van der Waals surface area contributed by atoms with Gasteiger partial charge in [-0.2, -0.15) is 0 Å². The quantitative estimate of drug-likeness (QED) is 0.165. The molecule has 4 aromatic rings. The highest BCUT2D eigenvalue weighted by Crippen LogP contribution is 2.35. The standard InChI is InChI=1S/C37H42N4O6/c1-2-3-18-30-38-31-32(41(30)23-24-19-21-25(22-20-24)28-16-10-11-17-29(28)35(42)43)34(47-37(45)27-14-8-5-9-15-27)40-39-33(31)46-36(44)26-12-6-4-7-13-26/h10-11,16-17,19-22,26-27H,2-9,12-15,18,23H2,1H3,(H,42,43). The normalized spacial score (nSPS) is 15.9. The summed E-state index contributed by atoms with van der Waals surface area (Å²) in [7, 11) is 0. The van der Waals surface area contributed by atoms with Crippen molar-refractivity contribution in [2.45, 2.75) is 96.9 Å². The lowest BCUT2D eigenvalue weighted by atomic mass is 9.89. The third-order valence-corrected chi connectivity index (χ3v) is 9.47. The van der Waals surface area contributed by atoms with Gasteiger partial charge in [0.25, 0.3) is 11.8 Å². The van der Waals surface area contributed by atoms with Gasteiger partial charge in [0.1, 0.15) is 11.3 Å². The summed E-state index contributed by atoms with van der Waals surface area (Å²) >= 11 is 0. The summed E-state index contributed by atoms with van der Waals surface area (Å²) in [5, 5.41) is 18.3. The lowest BCUT2D eigenvalue weighted by molar-refractivity contribution is -0.141. The Labute approximate surface area is 274 Å². The molecule has 47 heavy (non-hydrogen) atoms. The average molecular weight is 639 g/mol. The number of hydrogen-bond acceptors (Lipinski definition) is 8. The zero-order valence-electron chi connectivity index (χ0n) is 27.0. The molecule has 0 aliphatic heterocycles. The van der Waals surface area contributed by atoms with E-state index in [0.717, 1.165) is 94.0 Å². The van der Waals surface area contributed by atoms with E-state index in [0.29, 0.717) is 29.6 Å². The number of carboxylic acid groups (broad SMARTS) is 1. The SMILES string of the molecule is CCCCc1nc2c(OC(=O)C3CCCCC3)nnc(OC(=O)C3CCCCC3)c2n1Cc1ccc(-c2ccccc2C(=O)O)cc1. The number of aryl methyl sites for hydroxylation is 1. The molecule has 6 rings (SSSR count). The number of hydrogen-bond donors (Lipinski definition) is 1. The number of ether oxygens (including phenoxy) is 2. The summed E-state index contributed by atoms with van der Waals surface area (Å²) in [6.45, 7) is 2.49. The summed E-state index contributed by atoms with van der Waals surface area (Å²) in [4.78, 5) is 43.3. The predicted octanol–water partition coefficient (Wildman–Crippen LogP) is 7.55. The van der Waals surface area contributed by atoms with Crippen LogP contribution in [-0.2, 0) is 22.6 Å². The first-order valence-electron chi connectivity index (χ1n) is 17.0. The van der Waals surface area contributed by atoms with Crippen molar-refractivity contribution < 1.29 is 29.0 Å². The van der Waals surface area contributed by atoms with Crippen LogP contribution < -0.4 is 9.47 Å². The lowest BCUT2D eigenvalue weighted by Gasteiger charge is -2.20. The van der Waals surface area contributed by atoms with E-state index in [1.165, 1.54) is 0 Å². The lowest BCUT2D eigenvalue weighted by Crippen LogP contribution is -2.24. The van der Waals surface area contributed by atoms with Crippen LogP contribution in [0.3, 0.4) is 0 Å². The van der Waals surface area contributed by atoms with E-state index >= 15 is 0 Å². The van der Waals surface area contributed by atoms with Crippen LogP contribution in [0.2, 0.25) is 0 Å². The molecular formula is C37H42N4O6. The van der Waals surface area contributed by atoms with Gasteiger partial charge in [-0.3, -0.25) is 9.59 Å². The average Bonchev–Trinajstić information content (AvgIpc) is 3.47. The highest BCUT2D eigenvalue weighted by Gasteiger charge is 2.30. The van der Waals surface area contributed by atoms with Gasteiger partial charge >= 0.3 is 17.9 Å². The minimum Gasteiger partial charge on any atom is -0.478 e. The third kappa shape index (κ3) is 7.37. The zero-order chi connectivity index (χ0) is 32.8. The fraction of sp³-hybridized carbons (Fsp3) is 0.459. The molecule has 0 saturated heterocycles. The van der Waals surface area contributed by atoms with Gasteiger partial charge in [-0.1, -0.05) is 94.3 Å². The van der Waals surface area contributed by atoms with Gasteiger partial charge in [0.2, 0.25) is 0 Å². The van der Waals surface area contributed by atoms with Crippen LogP contribution in [0.15, 0.2) is 48.5 Å². The largest absolute Gasteiger partial charge is 0.478 e. The molecule has 2 aromatic carbocycles. The summed E-state index contributed by atoms with van der Waals surface area (Å²) in [6.07, 6.45) is 11.8. The zero-order valence-corrected chi connectivity index (χ0v) is 27.0. The van der Waals surface area contributed by atoms with Crippen molar-refractivity contribution in [3.63, 3.8) is 0 Å². The molecule has 0 unspecified atom stereocenters. The number of carbonyl (C=O) groups is 3. The Morgan fingerprint density at radius 2 is 1.40 bits per heavy atom. The van der Waals surface area contributed by atoms with Gasteiger partial charge in [0, 0.05) is 13.0 Å². The van der Waals surface area contributed by atoms with E-state index in [9.17, 15) is 19.5 Å². The topological polar surface area (TPSA) is 134 Å². The molecule has 2 heterocycles. The van der Waals surface area contributed by atoms with Crippen LogP contribution >= 0.6 is 0 Å². The maximum atomic E-state index is 13.3. The van der Waals surface area contributed by atoms with Gasteiger partial charge in [-0.05, 0) is 54.9 Å². The van der Waals surface area contributed by atoms with E-state index in [-0.39, 0.29) is 41.1 Å². The second-order valence-corrected chi connectivity index (χ2v) is 12.8. The summed E-state index contributed by atoms with van der Waals surface area (Å²) in [6, 6.07) is 14.7. The van der Waals surface area contributed by atoms with Crippen molar-refractivity contribution in [2.24, 2.45) is 11.8 Å². The third-order valence-electron chi connectivity index (χ3n) is 9.47. The molecule has 2 aliphatic carbocycles. The number of nitrogens with zero attached hydrogens (tertiary/aromatic N) is 4. The first-order valence-corrected chi connectivity index (χ1v) is 17.0. The number of unbranched alkanes of at least 4 members (excludes halogenated alkanes) is 1. The molecule has 2 aromatic heterocycles. The smallest absolute Gasteiger partial charge is 0.336 e. The molecule has 0 amide bonds. The van der Waals surface area contributed by atoms with Crippen LogP contribution in [0.4, 0.5) is 0 Å². The Bertz CT molecular complexity index is 1740. The van der Waals surface area contributed by atoms with E-state index in [2.05, 4.69) is 17.1 Å². The minimum absolute atomic E-state index is 0.0326. The Morgan fingerprint density at radius 1 is 0.809 bits per heavy atom. The van der Waals surface area contributed by atoms with Crippen LogP contribution in [0, 0.1) is 11.8 Å².